The lowest BCUT2D eigenvalue weighted by Gasteiger charge is -2.31. The van der Waals surface area contributed by atoms with Gasteiger partial charge in [-0.15, -0.1) is 0 Å². The van der Waals surface area contributed by atoms with Crippen molar-refractivity contribution in [2.45, 2.75) is 31.7 Å². The lowest BCUT2D eigenvalue weighted by molar-refractivity contribution is 0.364. The number of hydrogen-bond acceptors (Lipinski definition) is 4. The van der Waals surface area contributed by atoms with Gasteiger partial charge in [-0.05, 0) is 20.4 Å². The van der Waals surface area contributed by atoms with E-state index < -0.39 is 0 Å². The molecule has 1 heterocycles. The van der Waals surface area contributed by atoms with Crippen molar-refractivity contribution in [3.05, 3.63) is 0 Å². The highest BCUT2D eigenvalue weighted by molar-refractivity contribution is 7.80. The third-order valence-electron chi connectivity index (χ3n) is 2.61. The van der Waals surface area contributed by atoms with E-state index >= 15 is 0 Å². The van der Waals surface area contributed by atoms with Crippen molar-refractivity contribution in [2.75, 3.05) is 13.6 Å². The molecule has 0 saturated heterocycles. The van der Waals surface area contributed by atoms with Gasteiger partial charge in [-0.3, -0.25) is 4.99 Å². The standard InChI is InChI=1S/C9H19N3S/c1-6(9(13)10-3)8-4-5-11-7(2)12-8/h6,8-10,13H,4-5H2,1-3H3,(H,11,12). The van der Waals surface area contributed by atoms with Gasteiger partial charge in [-0.25, -0.2) is 0 Å². The predicted molar refractivity (Wildman–Crippen MR) is 60.5 cm³/mol. The Morgan fingerprint density at radius 3 is 2.92 bits per heavy atom. The number of thiol groups is 1. The van der Waals surface area contributed by atoms with Crippen LogP contribution < -0.4 is 10.6 Å². The average molecular weight is 201 g/mol. The van der Waals surface area contributed by atoms with Gasteiger partial charge >= 0.3 is 0 Å². The van der Waals surface area contributed by atoms with Gasteiger partial charge in [-0.2, -0.15) is 12.6 Å². The number of aliphatic imine (C=N–C) groups is 1. The maximum absolute atomic E-state index is 4.47. The Kier molecular flexibility index (Phi) is 4.06. The minimum Gasteiger partial charge on any atom is -0.371 e. The quantitative estimate of drug-likeness (QED) is 0.468. The second-order valence-corrected chi connectivity index (χ2v) is 4.16. The van der Waals surface area contributed by atoms with Crippen LogP contribution in [0.2, 0.25) is 0 Å². The van der Waals surface area contributed by atoms with E-state index in [0.717, 1.165) is 18.8 Å². The number of rotatable bonds is 3. The van der Waals surface area contributed by atoms with Crippen LogP contribution in [0, 0.1) is 5.92 Å². The molecule has 1 aliphatic rings. The van der Waals surface area contributed by atoms with Gasteiger partial charge in [0.15, 0.2) is 0 Å². The molecule has 76 valence electrons. The van der Waals surface area contributed by atoms with E-state index in [4.69, 9.17) is 0 Å². The Hall–Kier alpha value is -0.220. The highest BCUT2D eigenvalue weighted by Crippen LogP contribution is 2.16. The highest BCUT2D eigenvalue weighted by Gasteiger charge is 2.23. The van der Waals surface area contributed by atoms with Crippen LogP contribution in [0.25, 0.3) is 0 Å². The Labute approximate surface area is 85.8 Å². The lowest BCUT2D eigenvalue weighted by atomic mass is 9.97. The zero-order chi connectivity index (χ0) is 9.84. The van der Waals surface area contributed by atoms with Gasteiger partial charge in [0.1, 0.15) is 0 Å². The van der Waals surface area contributed by atoms with Crippen LogP contribution in [0.4, 0.5) is 0 Å². The summed E-state index contributed by atoms with van der Waals surface area (Å²) in [5.41, 5.74) is 0. The summed E-state index contributed by atoms with van der Waals surface area (Å²) in [6, 6.07) is 0.507. The first kappa shape index (κ1) is 10.9. The molecule has 3 nitrogen and oxygen atoms in total. The number of hydrogen-bond donors (Lipinski definition) is 3. The molecule has 13 heavy (non-hydrogen) atoms. The molecule has 1 rings (SSSR count). The topological polar surface area (TPSA) is 36.4 Å². The van der Waals surface area contributed by atoms with Crippen molar-refractivity contribution in [1.82, 2.24) is 10.6 Å². The molecule has 3 unspecified atom stereocenters. The van der Waals surface area contributed by atoms with E-state index in [-0.39, 0.29) is 5.37 Å². The van der Waals surface area contributed by atoms with Gasteiger partial charge in [0.25, 0.3) is 0 Å². The molecule has 0 aliphatic carbocycles. The fourth-order valence-corrected chi connectivity index (χ4v) is 1.84. The molecule has 0 aromatic rings. The summed E-state index contributed by atoms with van der Waals surface area (Å²) in [4.78, 5) is 4.31. The van der Waals surface area contributed by atoms with Crippen molar-refractivity contribution >= 4 is 18.5 Å². The van der Waals surface area contributed by atoms with E-state index in [1.165, 1.54) is 0 Å². The van der Waals surface area contributed by atoms with Crippen LogP contribution in [0.3, 0.4) is 0 Å². The number of amidine groups is 1. The Bertz CT molecular complexity index is 193. The molecule has 0 fully saturated rings. The molecule has 0 saturated carbocycles. The van der Waals surface area contributed by atoms with Crippen LogP contribution in [-0.4, -0.2) is 30.8 Å². The Morgan fingerprint density at radius 1 is 1.69 bits per heavy atom. The third kappa shape index (κ3) is 2.88. The van der Waals surface area contributed by atoms with E-state index in [1.54, 1.807) is 0 Å². The molecule has 1 aliphatic heterocycles. The fourth-order valence-electron chi connectivity index (χ4n) is 1.63. The summed E-state index contributed by atoms with van der Waals surface area (Å²) < 4.78 is 0. The number of nitrogens with zero attached hydrogens (tertiary/aromatic N) is 1. The molecule has 0 aromatic heterocycles. The Balaban J connectivity index is 2.48. The second kappa shape index (κ2) is 4.86. The summed E-state index contributed by atoms with van der Waals surface area (Å²) >= 11 is 4.47. The molecule has 0 bridgehead atoms. The predicted octanol–water partition coefficient (Wildman–Crippen LogP) is 0.878. The molecular weight excluding hydrogens is 182 g/mol. The third-order valence-corrected chi connectivity index (χ3v) is 3.34. The largest absolute Gasteiger partial charge is 0.371 e. The first-order chi connectivity index (χ1) is 6.15. The van der Waals surface area contributed by atoms with Crippen molar-refractivity contribution in [1.29, 1.82) is 0 Å². The van der Waals surface area contributed by atoms with Gasteiger partial charge in [0, 0.05) is 18.5 Å². The van der Waals surface area contributed by atoms with Crippen molar-refractivity contribution in [3.8, 4) is 0 Å². The second-order valence-electron chi connectivity index (χ2n) is 3.60. The van der Waals surface area contributed by atoms with E-state index in [2.05, 4.69) is 35.2 Å². The lowest BCUT2D eigenvalue weighted by Crippen LogP contribution is -2.47. The molecule has 4 heteroatoms. The van der Waals surface area contributed by atoms with Crippen molar-refractivity contribution in [3.63, 3.8) is 0 Å². The van der Waals surface area contributed by atoms with Crippen LogP contribution >= 0.6 is 12.6 Å². The summed E-state index contributed by atoms with van der Waals surface area (Å²) in [6.07, 6.45) is 1.11. The molecule has 0 spiro atoms. The fraction of sp³-hybridized carbons (Fsp3) is 0.889. The molecule has 2 N–H and O–H groups in total. The van der Waals surface area contributed by atoms with E-state index in [9.17, 15) is 0 Å². The van der Waals surface area contributed by atoms with Gasteiger partial charge in [0.2, 0.25) is 0 Å². The van der Waals surface area contributed by atoms with E-state index in [1.807, 2.05) is 14.0 Å². The monoisotopic (exact) mass is 201 g/mol. The normalized spacial score (nSPS) is 27.4. The zero-order valence-corrected chi connectivity index (χ0v) is 9.44. The average Bonchev–Trinajstić information content (AvgIpc) is 2.15. The van der Waals surface area contributed by atoms with Crippen LogP contribution in [0.1, 0.15) is 20.3 Å². The molecule has 0 aromatic carbocycles. The summed E-state index contributed by atoms with van der Waals surface area (Å²) in [7, 11) is 1.94. The van der Waals surface area contributed by atoms with Gasteiger partial charge in [-0.1, -0.05) is 6.92 Å². The van der Waals surface area contributed by atoms with Crippen LogP contribution in [0.15, 0.2) is 4.99 Å². The molecular formula is C9H19N3S. The maximum Gasteiger partial charge on any atom is 0.0933 e. The van der Waals surface area contributed by atoms with Gasteiger partial charge in [0.05, 0.1) is 11.2 Å². The van der Waals surface area contributed by atoms with Crippen LogP contribution in [0.5, 0.6) is 0 Å². The van der Waals surface area contributed by atoms with Crippen molar-refractivity contribution < 1.29 is 0 Å². The smallest absolute Gasteiger partial charge is 0.0933 e. The SMILES string of the molecule is CNC(S)C(C)C1CCN=C(C)N1. The Morgan fingerprint density at radius 2 is 2.38 bits per heavy atom. The molecule has 0 radical (unpaired) electrons. The first-order valence-electron chi connectivity index (χ1n) is 4.78. The first-order valence-corrected chi connectivity index (χ1v) is 5.29. The molecule has 3 atom stereocenters. The number of nitrogens with one attached hydrogen (secondary N) is 2. The van der Waals surface area contributed by atoms with Gasteiger partial charge < -0.3 is 10.6 Å². The summed E-state index contributed by atoms with van der Waals surface area (Å²) in [5.74, 6) is 1.57. The minimum absolute atomic E-state index is 0.253. The zero-order valence-electron chi connectivity index (χ0n) is 8.54. The van der Waals surface area contributed by atoms with Crippen molar-refractivity contribution in [2.24, 2.45) is 10.9 Å². The minimum atomic E-state index is 0.253. The van der Waals surface area contributed by atoms with E-state index in [0.29, 0.717) is 12.0 Å². The highest BCUT2D eigenvalue weighted by atomic mass is 32.1. The maximum atomic E-state index is 4.47. The van der Waals surface area contributed by atoms with Crippen LogP contribution in [-0.2, 0) is 0 Å². The molecule has 0 amide bonds. The summed E-state index contributed by atoms with van der Waals surface area (Å²) in [6.45, 7) is 5.17. The summed E-state index contributed by atoms with van der Waals surface area (Å²) in [5, 5.41) is 6.81.